The van der Waals surface area contributed by atoms with Crippen LogP contribution in [0.1, 0.15) is 25.0 Å². The van der Waals surface area contributed by atoms with Crippen molar-refractivity contribution in [2.75, 3.05) is 11.4 Å². The monoisotopic (exact) mass is 371 g/mol. The number of carbonyl (C=O) groups excluding carboxylic acids is 1. The lowest BCUT2D eigenvalue weighted by molar-refractivity contribution is -0.147. The first-order valence-corrected chi connectivity index (χ1v) is 9.26. The molecular formula is C17H17N5O3S. The van der Waals surface area contributed by atoms with Crippen LogP contribution in [0.4, 0.5) is 5.95 Å². The molecule has 4 heterocycles. The number of carbonyl (C=O) groups is 1. The standard InChI is InChI=1S/C17H17N5O3S/c23-14-10-12(20-17-22(14)8-9-26-17)11-25-15(24)13-4-1-2-7-21(13)16-18-5-3-6-19-16/h3,5-6,8-10,13H,1-2,4,7,11H2. The van der Waals surface area contributed by atoms with Gasteiger partial charge in [-0.2, -0.15) is 0 Å². The van der Waals surface area contributed by atoms with Gasteiger partial charge in [-0.3, -0.25) is 9.20 Å². The van der Waals surface area contributed by atoms with Crippen LogP contribution in [0.5, 0.6) is 0 Å². The summed E-state index contributed by atoms with van der Waals surface area (Å²) in [5, 5.41) is 1.79. The quantitative estimate of drug-likeness (QED) is 0.644. The van der Waals surface area contributed by atoms with E-state index in [0.29, 0.717) is 29.6 Å². The maximum Gasteiger partial charge on any atom is 0.329 e. The van der Waals surface area contributed by atoms with Crippen LogP contribution in [0.2, 0.25) is 0 Å². The topological polar surface area (TPSA) is 89.7 Å². The lowest BCUT2D eigenvalue weighted by atomic mass is 10.0. The average Bonchev–Trinajstić information content (AvgIpc) is 3.16. The number of hydrogen-bond donors (Lipinski definition) is 0. The summed E-state index contributed by atoms with van der Waals surface area (Å²) in [4.78, 5) is 40.0. The molecule has 1 saturated heterocycles. The number of fused-ring (bicyclic) bond motifs is 1. The number of esters is 1. The van der Waals surface area contributed by atoms with Gasteiger partial charge in [0.15, 0.2) is 4.96 Å². The second kappa shape index (κ2) is 7.20. The third-order valence-corrected chi connectivity index (χ3v) is 5.06. The molecule has 0 N–H and O–H groups in total. The number of nitrogens with zero attached hydrogens (tertiary/aromatic N) is 5. The van der Waals surface area contributed by atoms with Crippen LogP contribution >= 0.6 is 11.3 Å². The van der Waals surface area contributed by atoms with E-state index in [1.165, 1.54) is 21.8 Å². The molecule has 1 unspecified atom stereocenters. The van der Waals surface area contributed by atoms with Crippen LogP contribution in [0.15, 0.2) is 40.9 Å². The molecule has 3 aromatic rings. The van der Waals surface area contributed by atoms with E-state index in [1.807, 2.05) is 4.90 Å². The maximum absolute atomic E-state index is 12.6. The minimum atomic E-state index is -0.419. The van der Waals surface area contributed by atoms with E-state index in [4.69, 9.17) is 4.74 Å². The normalized spacial score (nSPS) is 17.4. The molecule has 1 aliphatic heterocycles. The van der Waals surface area contributed by atoms with Crippen molar-refractivity contribution >= 4 is 28.2 Å². The van der Waals surface area contributed by atoms with E-state index in [1.54, 1.807) is 30.0 Å². The molecule has 4 rings (SSSR count). The number of anilines is 1. The summed E-state index contributed by atoms with van der Waals surface area (Å²) in [5.41, 5.74) is 0.267. The SMILES string of the molecule is O=C(OCc1cc(=O)n2ccsc2n1)C1CCCCN1c1ncccn1. The van der Waals surface area contributed by atoms with Gasteiger partial charge in [0, 0.05) is 36.6 Å². The largest absolute Gasteiger partial charge is 0.458 e. The van der Waals surface area contributed by atoms with Crippen molar-refractivity contribution in [2.24, 2.45) is 0 Å². The smallest absolute Gasteiger partial charge is 0.329 e. The van der Waals surface area contributed by atoms with E-state index in [-0.39, 0.29) is 18.1 Å². The molecule has 9 heteroatoms. The van der Waals surface area contributed by atoms with E-state index in [2.05, 4.69) is 15.0 Å². The van der Waals surface area contributed by atoms with Crippen molar-refractivity contribution < 1.29 is 9.53 Å². The molecule has 1 aliphatic rings. The highest BCUT2D eigenvalue weighted by Crippen LogP contribution is 2.22. The predicted octanol–water partition coefficient (Wildman–Crippen LogP) is 1.65. The van der Waals surface area contributed by atoms with Crippen molar-refractivity contribution in [3.05, 3.63) is 52.2 Å². The molecule has 0 aromatic carbocycles. The molecule has 0 amide bonds. The molecule has 1 atom stereocenters. The Hall–Kier alpha value is -2.81. The molecule has 0 radical (unpaired) electrons. The van der Waals surface area contributed by atoms with Gasteiger partial charge in [0.05, 0.1) is 5.69 Å². The van der Waals surface area contributed by atoms with Gasteiger partial charge in [0.1, 0.15) is 12.6 Å². The second-order valence-corrected chi connectivity index (χ2v) is 6.88. The number of thiazole rings is 1. The Morgan fingerprint density at radius 2 is 2.15 bits per heavy atom. The third-order valence-electron chi connectivity index (χ3n) is 4.30. The van der Waals surface area contributed by atoms with Gasteiger partial charge >= 0.3 is 5.97 Å². The highest BCUT2D eigenvalue weighted by Gasteiger charge is 2.31. The Morgan fingerprint density at radius 1 is 1.31 bits per heavy atom. The van der Waals surface area contributed by atoms with Crippen molar-refractivity contribution in [3.63, 3.8) is 0 Å². The van der Waals surface area contributed by atoms with Gasteiger partial charge in [0.2, 0.25) is 5.95 Å². The molecule has 0 saturated carbocycles. The summed E-state index contributed by atoms with van der Waals surface area (Å²) in [7, 11) is 0. The Balaban J connectivity index is 1.48. The fourth-order valence-corrected chi connectivity index (χ4v) is 3.80. The molecule has 3 aromatic heterocycles. The summed E-state index contributed by atoms with van der Waals surface area (Å²) < 4.78 is 6.92. The molecular weight excluding hydrogens is 354 g/mol. The first-order valence-electron chi connectivity index (χ1n) is 8.38. The van der Waals surface area contributed by atoms with E-state index in [9.17, 15) is 9.59 Å². The highest BCUT2D eigenvalue weighted by molar-refractivity contribution is 7.15. The van der Waals surface area contributed by atoms with Crippen molar-refractivity contribution in [3.8, 4) is 0 Å². The molecule has 0 spiro atoms. The van der Waals surface area contributed by atoms with Crippen LogP contribution in [0, 0.1) is 0 Å². The van der Waals surface area contributed by atoms with Crippen LogP contribution in [-0.4, -0.2) is 37.9 Å². The fraction of sp³-hybridized carbons (Fsp3) is 0.353. The first kappa shape index (κ1) is 16.6. The van der Waals surface area contributed by atoms with Crippen LogP contribution in [0.3, 0.4) is 0 Å². The van der Waals surface area contributed by atoms with Gasteiger partial charge in [-0.1, -0.05) is 0 Å². The summed E-state index contributed by atoms with van der Waals surface area (Å²) >= 11 is 1.36. The highest BCUT2D eigenvalue weighted by atomic mass is 32.1. The lowest BCUT2D eigenvalue weighted by Gasteiger charge is -2.33. The predicted molar refractivity (Wildman–Crippen MR) is 96.2 cm³/mol. The van der Waals surface area contributed by atoms with E-state index >= 15 is 0 Å². The summed E-state index contributed by atoms with van der Waals surface area (Å²) in [5.74, 6) is 0.191. The van der Waals surface area contributed by atoms with Crippen molar-refractivity contribution in [1.82, 2.24) is 19.4 Å². The Labute approximate surface area is 153 Å². The van der Waals surface area contributed by atoms with E-state index < -0.39 is 6.04 Å². The van der Waals surface area contributed by atoms with Gasteiger partial charge in [-0.15, -0.1) is 11.3 Å². The number of hydrogen-bond acceptors (Lipinski definition) is 8. The first-order chi connectivity index (χ1) is 12.7. The van der Waals surface area contributed by atoms with Crippen LogP contribution in [0.25, 0.3) is 4.96 Å². The molecule has 8 nitrogen and oxygen atoms in total. The number of rotatable bonds is 4. The maximum atomic E-state index is 12.6. The third kappa shape index (κ3) is 3.30. The Morgan fingerprint density at radius 3 is 3.00 bits per heavy atom. The van der Waals surface area contributed by atoms with Gasteiger partial charge < -0.3 is 9.64 Å². The second-order valence-electron chi connectivity index (χ2n) is 6.00. The number of piperidine rings is 1. The van der Waals surface area contributed by atoms with Gasteiger partial charge in [-0.25, -0.2) is 19.7 Å². The van der Waals surface area contributed by atoms with Crippen molar-refractivity contribution in [1.29, 1.82) is 0 Å². The number of aromatic nitrogens is 4. The summed E-state index contributed by atoms with van der Waals surface area (Å²) in [6, 6.07) is 2.72. The molecule has 0 bridgehead atoms. The zero-order valence-electron chi connectivity index (χ0n) is 13.9. The van der Waals surface area contributed by atoms with Crippen LogP contribution < -0.4 is 10.5 Å². The zero-order chi connectivity index (χ0) is 17.9. The molecule has 134 valence electrons. The van der Waals surface area contributed by atoms with Crippen LogP contribution in [-0.2, 0) is 16.1 Å². The number of ether oxygens (including phenoxy) is 1. The molecule has 1 fully saturated rings. The minimum absolute atomic E-state index is 0.0253. The minimum Gasteiger partial charge on any atom is -0.458 e. The summed E-state index contributed by atoms with van der Waals surface area (Å²) in [6.07, 6.45) is 7.61. The average molecular weight is 371 g/mol. The fourth-order valence-electron chi connectivity index (χ4n) is 3.06. The van der Waals surface area contributed by atoms with Gasteiger partial charge in [-0.05, 0) is 25.3 Å². The summed E-state index contributed by atoms with van der Waals surface area (Å²) in [6.45, 7) is 0.687. The van der Waals surface area contributed by atoms with Gasteiger partial charge in [0.25, 0.3) is 5.56 Å². The van der Waals surface area contributed by atoms with E-state index in [0.717, 1.165) is 12.8 Å². The molecule has 0 aliphatic carbocycles. The Kier molecular flexibility index (Phi) is 4.61. The zero-order valence-corrected chi connectivity index (χ0v) is 14.8. The lowest BCUT2D eigenvalue weighted by Crippen LogP contribution is -2.46. The Bertz CT molecular complexity index is 971. The molecule has 26 heavy (non-hydrogen) atoms. The van der Waals surface area contributed by atoms with Crippen molar-refractivity contribution in [2.45, 2.75) is 31.9 Å².